The van der Waals surface area contributed by atoms with Crippen LogP contribution in [-0.2, 0) is 16.1 Å². The molecule has 1 atom stereocenters. The molecule has 0 bridgehead atoms. The standard InChI is InChI=1S/C22H26N2O5/c1-23(13-15-8-6-5-7-9-15)22(26)16-10-20(25)24(14-16)17-11-18(27-2)21(29-4)19(12-17)28-3/h5-9,11-12,16H,10,13-14H2,1-4H3. The van der Waals surface area contributed by atoms with Crippen molar-refractivity contribution in [3.8, 4) is 17.2 Å². The minimum atomic E-state index is -0.393. The first-order valence-corrected chi connectivity index (χ1v) is 9.37. The highest BCUT2D eigenvalue weighted by Crippen LogP contribution is 2.42. The Balaban J connectivity index is 1.77. The summed E-state index contributed by atoms with van der Waals surface area (Å²) in [5, 5.41) is 0. The first-order chi connectivity index (χ1) is 14.0. The van der Waals surface area contributed by atoms with Crippen LogP contribution in [0.5, 0.6) is 17.2 Å². The molecule has 0 saturated carbocycles. The number of ether oxygens (including phenoxy) is 3. The van der Waals surface area contributed by atoms with Crippen molar-refractivity contribution in [3.05, 3.63) is 48.0 Å². The summed E-state index contributed by atoms with van der Waals surface area (Å²) in [5.41, 5.74) is 1.67. The van der Waals surface area contributed by atoms with Crippen molar-refractivity contribution >= 4 is 17.5 Å². The van der Waals surface area contributed by atoms with E-state index < -0.39 is 5.92 Å². The molecule has 154 valence electrons. The van der Waals surface area contributed by atoms with E-state index >= 15 is 0 Å². The van der Waals surface area contributed by atoms with Gasteiger partial charge in [0.05, 0.1) is 32.9 Å². The summed E-state index contributed by atoms with van der Waals surface area (Å²) in [7, 11) is 6.34. The van der Waals surface area contributed by atoms with Gasteiger partial charge in [0.2, 0.25) is 17.6 Å². The summed E-state index contributed by atoms with van der Waals surface area (Å²) in [4.78, 5) is 28.8. The van der Waals surface area contributed by atoms with Gasteiger partial charge >= 0.3 is 0 Å². The second-order valence-electron chi connectivity index (χ2n) is 6.97. The molecule has 7 heteroatoms. The van der Waals surface area contributed by atoms with Crippen LogP contribution in [0.3, 0.4) is 0 Å². The first kappa shape index (κ1) is 20.5. The number of rotatable bonds is 7. The third-order valence-corrected chi connectivity index (χ3v) is 5.07. The lowest BCUT2D eigenvalue weighted by molar-refractivity contribution is -0.135. The molecule has 0 aliphatic carbocycles. The van der Waals surface area contributed by atoms with E-state index in [1.54, 1.807) is 29.0 Å². The van der Waals surface area contributed by atoms with Gasteiger partial charge in [-0.25, -0.2) is 0 Å². The Morgan fingerprint density at radius 2 is 1.69 bits per heavy atom. The van der Waals surface area contributed by atoms with E-state index in [-0.39, 0.29) is 18.2 Å². The van der Waals surface area contributed by atoms with Crippen molar-refractivity contribution in [2.24, 2.45) is 5.92 Å². The Bertz CT molecular complexity index is 859. The Morgan fingerprint density at radius 1 is 1.07 bits per heavy atom. The zero-order chi connectivity index (χ0) is 21.0. The number of carbonyl (C=O) groups excluding carboxylic acids is 2. The first-order valence-electron chi connectivity index (χ1n) is 9.37. The molecule has 0 spiro atoms. The minimum Gasteiger partial charge on any atom is -0.493 e. The van der Waals surface area contributed by atoms with Crippen LogP contribution < -0.4 is 19.1 Å². The normalized spacial score (nSPS) is 15.9. The van der Waals surface area contributed by atoms with Gasteiger partial charge in [-0.15, -0.1) is 0 Å². The summed E-state index contributed by atoms with van der Waals surface area (Å²) in [6.45, 7) is 0.823. The lowest BCUT2D eigenvalue weighted by Gasteiger charge is -2.22. The number of benzene rings is 2. The Kier molecular flexibility index (Phi) is 6.26. The van der Waals surface area contributed by atoms with Crippen LogP contribution in [0.4, 0.5) is 5.69 Å². The molecule has 2 amide bonds. The van der Waals surface area contributed by atoms with Crippen LogP contribution in [0.25, 0.3) is 0 Å². The van der Waals surface area contributed by atoms with Crippen molar-refractivity contribution in [2.45, 2.75) is 13.0 Å². The number of nitrogens with zero attached hydrogens (tertiary/aromatic N) is 2. The summed E-state index contributed by atoms with van der Waals surface area (Å²) < 4.78 is 16.1. The van der Waals surface area contributed by atoms with Gasteiger partial charge in [0.25, 0.3) is 0 Å². The SMILES string of the molecule is COc1cc(N2CC(C(=O)N(C)Cc3ccccc3)CC2=O)cc(OC)c1OC. The van der Waals surface area contributed by atoms with Crippen LogP contribution in [0.1, 0.15) is 12.0 Å². The van der Waals surface area contributed by atoms with Crippen LogP contribution in [0, 0.1) is 5.92 Å². The second kappa shape index (κ2) is 8.86. The highest BCUT2D eigenvalue weighted by Gasteiger charge is 2.37. The lowest BCUT2D eigenvalue weighted by Crippen LogP contribution is -2.34. The van der Waals surface area contributed by atoms with E-state index in [1.165, 1.54) is 21.3 Å². The zero-order valence-electron chi connectivity index (χ0n) is 17.2. The molecule has 1 heterocycles. The largest absolute Gasteiger partial charge is 0.493 e. The molecule has 1 fully saturated rings. The third kappa shape index (κ3) is 4.29. The van der Waals surface area contributed by atoms with Crippen molar-refractivity contribution in [3.63, 3.8) is 0 Å². The Hall–Kier alpha value is -3.22. The summed E-state index contributed by atoms with van der Waals surface area (Å²) in [5.74, 6) is 0.843. The molecule has 1 aliphatic heterocycles. The van der Waals surface area contributed by atoms with Gasteiger partial charge in [-0.2, -0.15) is 0 Å². The van der Waals surface area contributed by atoms with Crippen molar-refractivity contribution in [1.29, 1.82) is 0 Å². The summed E-state index contributed by atoms with van der Waals surface area (Å²) in [6.07, 6.45) is 0.175. The average Bonchev–Trinajstić information content (AvgIpc) is 3.14. The summed E-state index contributed by atoms with van der Waals surface area (Å²) in [6, 6.07) is 13.2. The van der Waals surface area contributed by atoms with Crippen molar-refractivity contribution in [2.75, 3.05) is 39.8 Å². The van der Waals surface area contributed by atoms with Gasteiger partial charge in [-0.3, -0.25) is 9.59 Å². The van der Waals surface area contributed by atoms with Crippen molar-refractivity contribution in [1.82, 2.24) is 4.90 Å². The van der Waals surface area contributed by atoms with E-state index in [1.807, 2.05) is 30.3 Å². The third-order valence-electron chi connectivity index (χ3n) is 5.07. The van der Waals surface area contributed by atoms with E-state index in [9.17, 15) is 9.59 Å². The van der Waals surface area contributed by atoms with Crippen LogP contribution in [-0.4, -0.2) is 51.6 Å². The minimum absolute atomic E-state index is 0.0443. The predicted molar refractivity (Wildman–Crippen MR) is 109 cm³/mol. The molecule has 29 heavy (non-hydrogen) atoms. The molecule has 3 rings (SSSR count). The maximum Gasteiger partial charge on any atom is 0.228 e. The molecular weight excluding hydrogens is 372 g/mol. The predicted octanol–water partition coefficient (Wildman–Crippen LogP) is 2.72. The number of hydrogen-bond donors (Lipinski definition) is 0. The molecule has 0 radical (unpaired) electrons. The van der Waals surface area contributed by atoms with Crippen molar-refractivity contribution < 1.29 is 23.8 Å². The van der Waals surface area contributed by atoms with E-state index in [4.69, 9.17) is 14.2 Å². The highest BCUT2D eigenvalue weighted by atomic mass is 16.5. The topological polar surface area (TPSA) is 68.3 Å². The van der Waals surface area contributed by atoms with Crippen LogP contribution in [0.15, 0.2) is 42.5 Å². The molecule has 1 aliphatic rings. The quantitative estimate of drug-likeness (QED) is 0.717. The smallest absolute Gasteiger partial charge is 0.228 e. The maximum atomic E-state index is 12.9. The number of hydrogen-bond acceptors (Lipinski definition) is 5. The van der Waals surface area contributed by atoms with Gasteiger partial charge in [-0.1, -0.05) is 30.3 Å². The highest BCUT2D eigenvalue weighted by molar-refractivity contribution is 6.00. The maximum absolute atomic E-state index is 12.9. The van der Waals surface area contributed by atoms with Gasteiger partial charge in [0.15, 0.2) is 11.5 Å². The Labute approximate surface area is 170 Å². The molecule has 7 nitrogen and oxygen atoms in total. The zero-order valence-corrected chi connectivity index (χ0v) is 17.2. The fraction of sp³-hybridized carbons (Fsp3) is 0.364. The van der Waals surface area contributed by atoms with Gasteiger partial charge in [0, 0.05) is 38.7 Å². The molecule has 0 aromatic heterocycles. The second-order valence-corrected chi connectivity index (χ2v) is 6.97. The van der Waals surface area contributed by atoms with Gasteiger partial charge in [0.1, 0.15) is 0 Å². The number of anilines is 1. The number of amides is 2. The monoisotopic (exact) mass is 398 g/mol. The molecule has 1 unspecified atom stereocenters. The Morgan fingerprint density at radius 3 is 2.24 bits per heavy atom. The molecule has 2 aromatic rings. The molecule has 0 N–H and O–H groups in total. The van der Waals surface area contributed by atoms with Gasteiger partial charge < -0.3 is 24.0 Å². The van der Waals surface area contributed by atoms with Gasteiger partial charge in [-0.05, 0) is 5.56 Å². The average molecular weight is 398 g/mol. The molecular formula is C22H26N2O5. The van der Waals surface area contributed by atoms with E-state index in [0.29, 0.717) is 36.0 Å². The summed E-state index contributed by atoms with van der Waals surface area (Å²) >= 11 is 0. The van der Waals surface area contributed by atoms with Crippen LogP contribution >= 0.6 is 0 Å². The fourth-order valence-electron chi connectivity index (χ4n) is 3.59. The molecule has 1 saturated heterocycles. The van der Waals surface area contributed by atoms with E-state index in [2.05, 4.69) is 0 Å². The number of carbonyl (C=O) groups is 2. The number of methoxy groups -OCH3 is 3. The fourth-order valence-corrected chi connectivity index (χ4v) is 3.59. The van der Waals surface area contributed by atoms with Crippen LogP contribution in [0.2, 0.25) is 0 Å². The van der Waals surface area contributed by atoms with E-state index in [0.717, 1.165) is 5.56 Å². The lowest BCUT2D eigenvalue weighted by atomic mass is 10.1. The molecule has 2 aromatic carbocycles.